The van der Waals surface area contributed by atoms with E-state index in [-0.39, 0.29) is 11.7 Å². The Kier molecular flexibility index (Phi) is 5.12. The zero-order valence-electron chi connectivity index (χ0n) is 14.0. The molecule has 0 aliphatic carbocycles. The van der Waals surface area contributed by atoms with Crippen LogP contribution in [0.15, 0.2) is 64.1 Å². The number of hydroxylamine groups is 2. The van der Waals surface area contributed by atoms with Crippen molar-refractivity contribution in [3.05, 3.63) is 80.8 Å². The average molecular weight is 416 g/mol. The minimum Gasteiger partial charge on any atom is -0.371 e. The molecule has 1 aliphatic heterocycles. The quantitative estimate of drug-likeness (QED) is 0.655. The molecule has 1 unspecified atom stereocenters. The van der Waals surface area contributed by atoms with E-state index < -0.39 is 0 Å². The number of benzene rings is 1. The molecule has 1 aliphatic rings. The van der Waals surface area contributed by atoms with Gasteiger partial charge in [0.2, 0.25) is 0 Å². The number of ether oxygens (including phenoxy) is 1. The van der Waals surface area contributed by atoms with Gasteiger partial charge in [-0.25, -0.2) is 4.98 Å². The maximum Gasteiger partial charge on any atom is 0.257 e. The highest BCUT2D eigenvalue weighted by Gasteiger charge is 2.23. The lowest BCUT2D eigenvalue weighted by atomic mass is 10.1. The number of nitrogens with zero attached hydrogens (tertiary/aromatic N) is 3. The van der Waals surface area contributed by atoms with Crippen molar-refractivity contribution in [2.45, 2.75) is 12.7 Å². The molecule has 1 aromatic carbocycles. The molecule has 0 radical (unpaired) electrons. The summed E-state index contributed by atoms with van der Waals surface area (Å²) in [5.74, 6) is 0. The summed E-state index contributed by atoms with van der Waals surface area (Å²) in [6, 6.07) is 13.3. The van der Waals surface area contributed by atoms with Gasteiger partial charge >= 0.3 is 0 Å². The van der Waals surface area contributed by atoms with Crippen LogP contribution in [-0.4, -0.2) is 34.1 Å². The summed E-state index contributed by atoms with van der Waals surface area (Å²) in [7, 11) is 0. The largest absolute Gasteiger partial charge is 0.371 e. The van der Waals surface area contributed by atoms with Gasteiger partial charge in [0.25, 0.3) is 5.56 Å². The Morgan fingerprint density at radius 1 is 1.23 bits per heavy atom. The summed E-state index contributed by atoms with van der Waals surface area (Å²) in [4.78, 5) is 22.0. The van der Waals surface area contributed by atoms with Crippen LogP contribution in [0.3, 0.4) is 0 Å². The zero-order valence-corrected chi connectivity index (χ0v) is 15.6. The van der Waals surface area contributed by atoms with Gasteiger partial charge in [0.1, 0.15) is 5.65 Å². The van der Waals surface area contributed by atoms with Crippen molar-refractivity contribution in [3.63, 3.8) is 0 Å². The van der Waals surface area contributed by atoms with Crippen molar-refractivity contribution in [3.8, 4) is 0 Å². The highest BCUT2D eigenvalue weighted by Crippen LogP contribution is 2.23. The molecule has 0 amide bonds. The van der Waals surface area contributed by atoms with Crippen LogP contribution in [0, 0.1) is 0 Å². The molecule has 0 bridgehead atoms. The number of hydrogen-bond donors (Lipinski definition) is 0. The van der Waals surface area contributed by atoms with Gasteiger partial charge in [0.05, 0.1) is 25.9 Å². The number of aromatic nitrogens is 2. The lowest BCUT2D eigenvalue weighted by Crippen LogP contribution is -2.38. The Labute approximate surface area is 159 Å². The Bertz CT molecular complexity index is 958. The monoisotopic (exact) mass is 415 g/mol. The second-order valence-corrected chi connectivity index (χ2v) is 7.03. The second-order valence-electron chi connectivity index (χ2n) is 6.12. The zero-order chi connectivity index (χ0) is 17.9. The third-order valence-corrected chi connectivity index (χ3v) is 4.88. The van der Waals surface area contributed by atoms with Crippen LogP contribution in [0.1, 0.15) is 17.2 Å². The summed E-state index contributed by atoms with van der Waals surface area (Å²) in [6.07, 6.45) is 3.15. The molecule has 4 rings (SSSR count). The van der Waals surface area contributed by atoms with Crippen LogP contribution >= 0.6 is 15.9 Å². The molecule has 3 heterocycles. The Morgan fingerprint density at radius 2 is 2.08 bits per heavy atom. The van der Waals surface area contributed by atoms with E-state index in [1.165, 1.54) is 16.7 Å². The highest BCUT2D eigenvalue weighted by molar-refractivity contribution is 9.10. The van der Waals surface area contributed by atoms with E-state index in [0.717, 1.165) is 22.1 Å². The first-order valence-corrected chi connectivity index (χ1v) is 9.19. The molecule has 134 valence electrons. The summed E-state index contributed by atoms with van der Waals surface area (Å²) >= 11 is 3.43. The molecule has 3 aromatic rings. The predicted molar refractivity (Wildman–Crippen MR) is 101 cm³/mol. The van der Waals surface area contributed by atoms with Crippen LogP contribution in [0.5, 0.6) is 0 Å². The van der Waals surface area contributed by atoms with Gasteiger partial charge in [-0.3, -0.25) is 14.0 Å². The fourth-order valence-corrected chi connectivity index (χ4v) is 3.20. The highest BCUT2D eigenvalue weighted by atomic mass is 79.9. The Balaban J connectivity index is 1.44. The Morgan fingerprint density at radius 3 is 2.92 bits per heavy atom. The lowest BCUT2D eigenvalue weighted by Gasteiger charge is -2.32. The van der Waals surface area contributed by atoms with Gasteiger partial charge in [-0.2, -0.15) is 5.06 Å². The minimum atomic E-state index is -0.115. The Hall–Kier alpha value is -2.06. The topological polar surface area (TPSA) is 56.1 Å². The summed E-state index contributed by atoms with van der Waals surface area (Å²) in [6.45, 7) is 2.46. The van der Waals surface area contributed by atoms with Crippen molar-refractivity contribution < 1.29 is 9.57 Å². The van der Waals surface area contributed by atoms with E-state index in [9.17, 15) is 4.79 Å². The minimum absolute atomic E-state index is 0.0921. The third-order valence-electron chi connectivity index (χ3n) is 4.35. The number of morpholine rings is 1. The number of rotatable bonds is 4. The van der Waals surface area contributed by atoms with E-state index >= 15 is 0 Å². The number of pyridine rings is 1. The third kappa shape index (κ3) is 3.86. The molecular weight excluding hydrogens is 398 g/mol. The predicted octanol–water partition coefficient (Wildman–Crippen LogP) is 2.96. The standard InChI is InChI=1S/C19H18BrN3O3/c20-16-3-1-14(2-4-16)13-26-22-9-10-25-17(12-22)15-6-8-23-18(11-15)21-7-5-19(23)24/h1-8,11,17H,9-10,12-13H2. The van der Waals surface area contributed by atoms with Crippen LogP contribution in [-0.2, 0) is 16.2 Å². The van der Waals surface area contributed by atoms with Crippen molar-refractivity contribution in [1.82, 2.24) is 14.4 Å². The van der Waals surface area contributed by atoms with Gasteiger partial charge < -0.3 is 4.74 Å². The summed E-state index contributed by atoms with van der Waals surface area (Å²) in [5, 5.41) is 1.94. The van der Waals surface area contributed by atoms with Gasteiger partial charge in [-0.15, -0.1) is 0 Å². The first-order valence-electron chi connectivity index (χ1n) is 8.40. The maximum atomic E-state index is 11.8. The van der Waals surface area contributed by atoms with Crippen LogP contribution in [0.4, 0.5) is 0 Å². The van der Waals surface area contributed by atoms with Crippen molar-refractivity contribution in [2.24, 2.45) is 0 Å². The number of hydrogen-bond acceptors (Lipinski definition) is 5. The van der Waals surface area contributed by atoms with Crippen LogP contribution < -0.4 is 5.56 Å². The van der Waals surface area contributed by atoms with E-state index in [0.29, 0.717) is 25.4 Å². The summed E-state index contributed by atoms with van der Waals surface area (Å²) < 4.78 is 8.47. The number of halogens is 1. The number of fused-ring (bicyclic) bond motifs is 1. The molecule has 6 nitrogen and oxygen atoms in total. The van der Waals surface area contributed by atoms with Crippen molar-refractivity contribution in [1.29, 1.82) is 0 Å². The normalized spacial score (nSPS) is 18.3. The maximum absolute atomic E-state index is 11.8. The fourth-order valence-electron chi connectivity index (χ4n) is 2.94. The molecule has 0 spiro atoms. The molecular formula is C19H18BrN3O3. The molecule has 1 fully saturated rings. The molecule has 1 atom stereocenters. The molecule has 1 saturated heterocycles. The molecule has 26 heavy (non-hydrogen) atoms. The molecule has 2 aromatic heterocycles. The van der Waals surface area contributed by atoms with Gasteiger partial charge in [0, 0.05) is 29.5 Å². The fraction of sp³-hybridized carbons (Fsp3) is 0.263. The van der Waals surface area contributed by atoms with Crippen molar-refractivity contribution >= 4 is 21.6 Å². The molecule has 0 saturated carbocycles. The first-order chi connectivity index (χ1) is 12.7. The van der Waals surface area contributed by atoms with Crippen LogP contribution in [0.25, 0.3) is 5.65 Å². The SMILES string of the molecule is O=c1ccnc2cc(C3CN(OCc4ccc(Br)cc4)CCO3)ccn12. The van der Waals surface area contributed by atoms with Gasteiger partial charge in [-0.1, -0.05) is 28.1 Å². The van der Waals surface area contributed by atoms with E-state index in [2.05, 4.69) is 20.9 Å². The summed E-state index contributed by atoms with van der Waals surface area (Å²) in [5.41, 5.74) is 2.63. The second kappa shape index (κ2) is 7.67. The van der Waals surface area contributed by atoms with Crippen LogP contribution in [0.2, 0.25) is 0 Å². The van der Waals surface area contributed by atoms with E-state index in [4.69, 9.17) is 9.57 Å². The average Bonchev–Trinajstić information content (AvgIpc) is 2.68. The molecule has 0 N–H and O–H groups in total. The molecule has 7 heteroatoms. The lowest BCUT2D eigenvalue weighted by molar-refractivity contribution is -0.220. The van der Waals surface area contributed by atoms with Gasteiger partial charge in [0.15, 0.2) is 0 Å². The van der Waals surface area contributed by atoms with E-state index in [1.54, 1.807) is 6.20 Å². The first kappa shape index (κ1) is 17.4. The smallest absolute Gasteiger partial charge is 0.257 e. The van der Waals surface area contributed by atoms with Crippen molar-refractivity contribution in [2.75, 3.05) is 19.7 Å². The van der Waals surface area contributed by atoms with Gasteiger partial charge in [-0.05, 0) is 35.4 Å². The van der Waals surface area contributed by atoms with E-state index in [1.807, 2.05) is 41.5 Å².